The van der Waals surface area contributed by atoms with Crippen LogP contribution in [0.15, 0.2) is 21.2 Å². The molecule has 3 heteroatoms. The van der Waals surface area contributed by atoms with Gasteiger partial charge in [-0.15, -0.1) is 0 Å². The smallest absolute Gasteiger partial charge is 0.169 e. The maximum atomic E-state index is 11.3. The number of hydrogen-bond donors (Lipinski definition) is 0. The Bertz CT molecular complexity index is 299. The molecule has 1 saturated carbocycles. The van der Waals surface area contributed by atoms with Crippen molar-refractivity contribution in [2.24, 2.45) is 5.92 Å². The van der Waals surface area contributed by atoms with Crippen LogP contribution in [0.2, 0.25) is 0 Å². The second-order valence-electron chi connectivity index (χ2n) is 3.12. The van der Waals surface area contributed by atoms with Crippen LogP contribution in [0.3, 0.4) is 0 Å². The van der Waals surface area contributed by atoms with E-state index in [0.717, 1.165) is 18.6 Å². The Morgan fingerprint density at radius 2 is 2.33 bits per heavy atom. The zero-order chi connectivity index (χ0) is 8.55. The summed E-state index contributed by atoms with van der Waals surface area (Å²) >= 11 is 3.20. The van der Waals surface area contributed by atoms with Crippen molar-refractivity contribution in [1.29, 1.82) is 0 Å². The summed E-state index contributed by atoms with van der Waals surface area (Å²) in [5.74, 6) is 1.41. The molecule has 1 aliphatic rings. The van der Waals surface area contributed by atoms with E-state index < -0.39 is 0 Å². The molecule has 1 heterocycles. The van der Waals surface area contributed by atoms with E-state index in [1.54, 1.807) is 0 Å². The largest absolute Gasteiger partial charge is 0.454 e. The van der Waals surface area contributed by atoms with Crippen molar-refractivity contribution in [2.75, 3.05) is 0 Å². The minimum Gasteiger partial charge on any atom is -0.454 e. The second-order valence-corrected chi connectivity index (χ2v) is 3.90. The fraction of sp³-hybridized carbons (Fsp3) is 0.444. The summed E-state index contributed by atoms with van der Waals surface area (Å²) in [4.78, 5) is 11.3. The van der Waals surface area contributed by atoms with Crippen molar-refractivity contribution < 1.29 is 9.21 Å². The number of halogens is 1. The van der Waals surface area contributed by atoms with E-state index in [1.165, 1.54) is 0 Å². The third-order valence-corrected chi connectivity index (χ3v) is 2.44. The molecule has 2 rings (SSSR count). The zero-order valence-corrected chi connectivity index (χ0v) is 8.13. The lowest BCUT2D eigenvalue weighted by molar-refractivity contribution is -0.119. The van der Waals surface area contributed by atoms with Gasteiger partial charge in [-0.05, 0) is 40.9 Å². The quantitative estimate of drug-likeness (QED) is 0.797. The highest BCUT2D eigenvalue weighted by Gasteiger charge is 2.29. The molecule has 1 aromatic heterocycles. The first kappa shape index (κ1) is 8.05. The molecule has 0 aliphatic heterocycles. The third kappa shape index (κ3) is 1.78. The fourth-order valence-corrected chi connectivity index (χ4v) is 1.51. The first-order chi connectivity index (χ1) is 5.75. The molecule has 1 aromatic rings. The van der Waals surface area contributed by atoms with Crippen molar-refractivity contribution in [1.82, 2.24) is 0 Å². The van der Waals surface area contributed by atoms with Gasteiger partial charge in [-0.2, -0.15) is 0 Å². The SMILES string of the molecule is O=C(Cc1ccc(Br)o1)C1CC1. The van der Waals surface area contributed by atoms with Gasteiger partial charge in [0.25, 0.3) is 0 Å². The number of Topliss-reactive ketones (excluding diaryl/α,β-unsaturated/α-hetero) is 1. The highest BCUT2D eigenvalue weighted by molar-refractivity contribution is 9.10. The molecule has 1 aliphatic carbocycles. The van der Waals surface area contributed by atoms with Gasteiger partial charge in [-0.1, -0.05) is 0 Å². The predicted molar refractivity (Wildman–Crippen MR) is 47.8 cm³/mol. The van der Waals surface area contributed by atoms with Crippen LogP contribution in [0.1, 0.15) is 18.6 Å². The van der Waals surface area contributed by atoms with Gasteiger partial charge in [0.05, 0.1) is 6.42 Å². The maximum absolute atomic E-state index is 11.3. The first-order valence-electron chi connectivity index (χ1n) is 4.02. The predicted octanol–water partition coefficient (Wildman–Crippen LogP) is 2.56. The van der Waals surface area contributed by atoms with E-state index in [4.69, 9.17) is 4.42 Å². The van der Waals surface area contributed by atoms with Crippen LogP contribution in [0.5, 0.6) is 0 Å². The molecule has 0 N–H and O–H groups in total. The van der Waals surface area contributed by atoms with Crippen LogP contribution in [-0.2, 0) is 11.2 Å². The molecule has 12 heavy (non-hydrogen) atoms. The van der Waals surface area contributed by atoms with E-state index in [9.17, 15) is 4.79 Å². The van der Waals surface area contributed by atoms with Crippen LogP contribution >= 0.6 is 15.9 Å². The van der Waals surface area contributed by atoms with Crippen molar-refractivity contribution in [3.8, 4) is 0 Å². The molecule has 0 amide bonds. The van der Waals surface area contributed by atoms with Gasteiger partial charge in [0.1, 0.15) is 11.5 Å². The highest BCUT2D eigenvalue weighted by Crippen LogP contribution is 2.31. The molecule has 0 aromatic carbocycles. The number of hydrogen-bond acceptors (Lipinski definition) is 2. The van der Waals surface area contributed by atoms with Gasteiger partial charge < -0.3 is 4.42 Å². The summed E-state index contributed by atoms with van der Waals surface area (Å²) in [5, 5.41) is 0. The lowest BCUT2D eigenvalue weighted by Crippen LogP contribution is -2.03. The topological polar surface area (TPSA) is 30.2 Å². The molecule has 2 nitrogen and oxygen atoms in total. The zero-order valence-electron chi connectivity index (χ0n) is 6.55. The Morgan fingerprint density at radius 3 is 2.83 bits per heavy atom. The molecule has 0 radical (unpaired) electrons. The first-order valence-corrected chi connectivity index (χ1v) is 4.82. The van der Waals surface area contributed by atoms with Crippen LogP contribution in [0.25, 0.3) is 0 Å². The number of ketones is 1. The van der Waals surface area contributed by atoms with E-state index >= 15 is 0 Å². The molecule has 0 bridgehead atoms. The fourth-order valence-electron chi connectivity index (χ4n) is 1.17. The van der Waals surface area contributed by atoms with Gasteiger partial charge in [0, 0.05) is 5.92 Å². The third-order valence-electron chi connectivity index (χ3n) is 2.01. The Balaban J connectivity index is 1.98. The molecule has 0 atom stereocenters. The standard InChI is InChI=1S/C9H9BrO2/c10-9-4-3-7(12-9)5-8(11)6-1-2-6/h3-4,6H,1-2,5H2. The lowest BCUT2D eigenvalue weighted by Gasteiger charge is -1.92. The van der Waals surface area contributed by atoms with Crippen LogP contribution in [0.4, 0.5) is 0 Å². The molecule has 1 fully saturated rings. The van der Waals surface area contributed by atoms with Gasteiger partial charge in [-0.25, -0.2) is 0 Å². The van der Waals surface area contributed by atoms with Crippen LogP contribution in [-0.4, -0.2) is 5.78 Å². The maximum Gasteiger partial charge on any atom is 0.169 e. The van der Waals surface area contributed by atoms with Gasteiger partial charge in [-0.3, -0.25) is 4.79 Å². The summed E-state index contributed by atoms with van der Waals surface area (Å²) in [6.45, 7) is 0. The molecular weight excluding hydrogens is 220 g/mol. The van der Waals surface area contributed by atoms with Gasteiger partial charge in [0.15, 0.2) is 4.67 Å². The number of carbonyl (C=O) groups excluding carboxylic acids is 1. The van der Waals surface area contributed by atoms with Gasteiger partial charge >= 0.3 is 0 Å². The highest BCUT2D eigenvalue weighted by atomic mass is 79.9. The van der Waals surface area contributed by atoms with Crippen LogP contribution < -0.4 is 0 Å². The normalized spacial score (nSPS) is 16.4. The van der Waals surface area contributed by atoms with E-state index in [2.05, 4.69) is 15.9 Å². The second kappa shape index (κ2) is 3.05. The summed E-state index contributed by atoms with van der Waals surface area (Å²) in [6.07, 6.45) is 2.59. The Morgan fingerprint density at radius 1 is 1.58 bits per heavy atom. The number of rotatable bonds is 3. The number of carbonyl (C=O) groups is 1. The average Bonchev–Trinajstić information content (AvgIpc) is 2.78. The summed E-state index contributed by atoms with van der Waals surface area (Å²) in [6, 6.07) is 3.65. The van der Waals surface area contributed by atoms with E-state index in [0.29, 0.717) is 22.8 Å². The van der Waals surface area contributed by atoms with Crippen molar-refractivity contribution in [3.63, 3.8) is 0 Å². The minimum absolute atomic E-state index is 0.317. The lowest BCUT2D eigenvalue weighted by atomic mass is 10.2. The van der Waals surface area contributed by atoms with Crippen molar-refractivity contribution >= 4 is 21.7 Å². The van der Waals surface area contributed by atoms with Gasteiger partial charge in [0.2, 0.25) is 0 Å². The van der Waals surface area contributed by atoms with E-state index in [1.807, 2.05) is 12.1 Å². The minimum atomic E-state index is 0.317. The van der Waals surface area contributed by atoms with Crippen molar-refractivity contribution in [3.05, 3.63) is 22.6 Å². The molecule has 0 spiro atoms. The molecule has 64 valence electrons. The monoisotopic (exact) mass is 228 g/mol. The van der Waals surface area contributed by atoms with Crippen molar-refractivity contribution in [2.45, 2.75) is 19.3 Å². The van der Waals surface area contributed by atoms with Crippen LogP contribution in [0, 0.1) is 5.92 Å². The summed E-state index contributed by atoms with van der Waals surface area (Å²) in [5.41, 5.74) is 0. The Hall–Kier alpha value is -0.570. The number of furan rings is 1. The summed E-state index contributed by atoms with van der Waals surface area (Å²) in [7, 11) is 0. The average molecular weight is 229 g/mol. The van der Waals surface area contributed by atoms with E-state index in [-0.39, 0.29) is 0 Å². The Kier molecular flexibility index (Phi) is 2.05. The Labute approximate surface area is 79.1 Å². The summed E-state index contributed by atoms with van der Waals surface area (Å²) < 4.78 is 5.92. The molecule has 0 unspecified atom stereocenters. The molecule has 0 saturated heterocycles. The molecular formula is C9H9BrO2.